The number of carbonyl (C=O) groups is 3. The van der Waals surface area contributed by atoms with Gasteiger partial charge in [0.15, 0.2) is 0 Å². The highest BCUT2D eigenvalue weighted by atomic mass is 16.5. The fraction of sp³-hybridized carbons (Fsp3) is 0.577. The van der Waals surface area contributed by atoms with Crippen LogP contribution in [-0.2, 0) is 14.3 Å². The first kappa shape index (κ1) is 24.3. The fourth-order valence-electron chi connectivity index (χ4n) is 5.98. The summed E-state index contributed by atoms with van der Waals surface area (Å²) in [5.41, 5.74) is 2.40. The van der Waals surface area contributed by atoms with Crippen LogP contribution in [0.15, 0.2) is 36.4 Å². The topological polar surface area (TPSA) is 93.2 Å². The van der Waals surface area contributed by atoms with Crippen molar-refractivity contribution in [3.63, 3.8) is 0 Å². The minimum absolute atomic E-state index is 0.0534. The first-order valence-electron chi connectivity index (χ1n) is 12.2. The Morgan fingerprint density at radius 3 is 2.50 bits per heavy atom. The summed E-state index contributed by atoms with van der Waals surface area (Å²) in [4.78, 5) is 43.3. The smallest absolute Gasteiger partial charge is 0.310 e. The van der Waals surface area contributed by atoms with E-state index in [-0.39, 0.29) is 17.9 Å². The van der Waals surface area contributed by atoms with Crippen molar-refractivity contribution in [3.8, 4) is 0 Å². The number of nitrogens with zero attached hydrogens (tertiary/aromatic N) is 3. The van der Waals surface area contributed by atoms with E-state index in [1.165, 1.54) is 23.1 Å². The van der Waals surface area contributed by atoms with Gasteiger partial charge < -0.3 is 24.4 Å². The van der Waals surface area contributed by atoms with Crippen molar-refractivity contribution in [2.24, 2.45) is 11.8 Å². The highest BCUT2D eigenvalue weighted by Crippen LogP contribution is 2.36. The number of hydrogen-bond donors (Lipinski definition) is 0. The molecule has 3 heterocycles. The van der Waals surface area contributed by atoms with E-state index in [4.69, 9.17) is 4.74 Å². The number of ether oxygens (including phenoxy) is 1. The van der Waals surface area contributed by atoms with E-state index in [9.17, 15) is 19.5 Å². The lowest BCUT2D eigenvalue weighted by Gasteiger charge is -2.49. The number of methoxy groups -OCH3 is 1. The molecule has 3 aliphatic heterocycles. The van der Waals surface area contributed by atoms with Crippen LogP contribution >= 0.6 is 0 Å². The number of carbonyl (C=O) groups excluding carboxylic acids is 3. The summed E-state index contributed by atoms with van der Waals surface area (Å²) in [6, 6.07) is 9.35. The number of benzene rings is 1. The molecule has 2 fully saturated rings. The van der Waals surface area contributed by atoms with Crippen molar-refractivity contribution in [2.45, 2.75) is 44.2 Å². The summed E-state index contributed by atoms with van der Waals surface area (Å²) in [5, 5.41) is 11.7. The molecule has 3 aliphatic rings. The van der Waals surface area contributed by atoms with Gasteiger partial charge in [-0.3, -0.25) is 14.5 Å². The van der Waals surface area contributed by atoms with Gasteiger partial charge in [0.2, 0.25) is 5.91 Å². The number of amides is 2. The number of rotatable bonds is 4. The van der Waals surface area contributed by atoms with Crippen LogP contribution < -0.4 is 5.11 Å². The van der Waals surface area contributed by atoms with Crippen molar-refractivity contribution in [1.82, 2.24) is 14.7 Å². The molecule has 8 heteroatoms. The molecule has 184 valence electrons. The van der Waals surface area contributed by atoms with E-state index in [1.54, 1.807) is 0 Å². The Balaban J connectivity index is 1.50. The van der Waals surface area contributed by atoms with E-state index in [0.717, 1.165) is 25.7 Å². The first-order valence-corrected chi connectivity index (χ1v) is 12.2. The van der Waals surface area contributed by atoms with Crippen LogP contribution in [0.5, 0.6) is 0 Å². The van der Waals surface area contributed by atoms with Crippen molar-refractivity contribution < 1.29 is 24.2 Å². The maximum absolute atomic E-state index is 13.6. The van der Waals surface area contributed by atoms with Crippen LogP contribution in [-0.4, -0.2) is 85.1 Å². The van der Waals surface area contributed by atoms with Gasteiger partial charge in [-0.1, -0.05) is 36.4 Å². The summed E-state index contributed by atoms with van der Waals surface area (Å²) in [6.07, 6.45) is 4.65. The number of likely N-dealkylation sites (tertiary alicyclic amines) is 2. The molecule has 2 amide bonds. The van der Waals surface area contributed by atoms with Crippen LogP contribution in [0.4, 0.5) is 4.79 Å². The number of esters is 1. The molecule has 0 saturated carbocycles. The van der Waals surface area contributed by atoms with Gasteiger partial charge in [0, 0.05) is 32.2 Å². The van der Waals surface area contributed by atoms with Crippen LogP contribution in [0.3, 0.4) is 0 Å². The molecule has 1 aromatic rings. The van der Waals surface area contributed by atoms with Crippen molar-refractivity contribution in [3.05, 3.63) is 42.0 Å². The molecule has 1 unspecified atom stereocenters. The number of carboxylic acid groups (broad SMARTS) is 1. The van der Waals surface area contributed by atoms with Crippen LogP contribution in [0.1, 0.15) is 37.7 Å². The van der Waals surface area contributed by atoms with Gasteiger partial charge in [0.25, 0.3) is 0 Å². The van der Waals surface area contributed by atoms with Gasteiger partial charge in [0.1, 0.15) is 12.1 Å². The molecule has 2 saturated heterocycles. The van der Waals surface area contributed by atoms with Gasteiger partial charge in [-0.15, -0.1) is 0 Å². The molecule has 34 heavy (non-hydrogen) atoms. The minimum Gasteiger partial charge on any atom is -0.530 e. The maximum Gasteiger partial charge on any atom is 0.310 e. The maximum atomic E-state index is 13.6. The molecule has 1 aromatic carbocycles. The third kappa shape index (κ3) is 4.97. The molecule has 0 spiro atoms. The zero-order chi connectivity index (χ0) is 24.2. The highest BCUT2D eigenvalue weighted by Gasteiger charge is 2.47. The van der Waals surface area contributed by atoms with Crippen LogP contribution in [0, 0.1) is 11.8 Å². The zero-order valence-electron chi connectivity index (χ0n) is 20.0. The molecule has 0 aliphatic carbocycles. The number of likely N-dealkylation sites (N-methyl/N-ethyl adjacent to an activating group) is 1. The average Bonchev–Trinajstić information content (AvgIpc) is 2.88. The molecule has 0 bridgehead atoms. The molecular formula is C26H34N3O5-. The molecule has 0 N–H and O–H groups in total. The number of piperidine rings is 2. The Morgan fingerprint density at radius 2 is 1.85 bits per heavy atom. The second kappa shape index (κ2) is 10.6. The standard InChI is InChI=1S/C26H35N3O5/c1-27-17-20(22-10-6-7-13-29(22)26(32)33)16-21(25(31)34-2)23(27)24(30)28-14-11-19(12-15-28)18-8-4-3-5-9-18/h3-5,8-9,11,20-23H,6-7,10,12-17H2,1-2H3,(H,32,33)/p-1/t20-,21-,22?,23-/m0/s1. The summed E-state index contributed by atoms with van der Waals surface area (Å²) in [6.45, 7) is 2.12. The Labute approximate surface area is 201 Å². The predicted octanol–water partition coefficient (Wildman–Crippen LogP) is 1.61. The lowest BCUT2D eigenvalue weighted by atomic mass is 9.77. The Kier molecular flexibility index (Phi) is 7.56. The van der Waals surface area contributed by atoms with Gasteiger partial charge in [-0.25, -0.2) is 0 Å². The van der Waals surface area contributed by atoms with Gasteiger partial charge in [-0.2, -0.15) is 0 Å². The predicted molar refractivity (Wildman–Crippen MR) is 125 cm³/mol. The van der Waals surface area contributed by atoms with Crippen molar-refractivity contribution in [1.29, 1.82) is 0 Å². The highest BCUT2D eigenvalue weighted by molar-refractivity contribution is 5.89. The van der Waals surface area contributed by atoms with Gasteiger partial charge >= 0.3 is 5.97 Å². The largest absolute Gasteiger partial charge is 0.530 e. The van der Waals surface area contributed by atoms with Crippen LogP contribution in [0.2, 0.25) is 0 Å². The second-order valence-electron chi connectivity index (χ2n) is 9.66. The zero-order valence-corrected chi connectivity index (χ0v) is 20.0. The third-order valence-corrected chi connectivity index (χ3v) is 7.69. The van der Waals surface area contributed by atoms with E-state index in [1.807, 2.05) is 35.0 Å². The summed E-state index contributed by atoms with van der Waals surface area (Å²) < 4.78 is 5.10. The summed E-state index contributed by atoms with van der Waals surface area (Å²) >= 11 is 0. The Bertz CT molecular complexity index is 934. The Morgan fingerprint density at radius 1 is 1.09 bits per heavy atom. The number of hydrogen-bond acceptors (Lipinski definition) is 6. The molecule has 0 aromatic heterocycles. The third-order valence-electron chi connectivity index (χ3n) is 7.69. The van der Waals surface area contributed by atoms with Gasteiger partial charge in [0.05, 0.1) is 13.0 Å². The SMILES string of the molecule is COC(=O)[C@H]1C[C@H](C2CCCCN2C(=O)[O-])CN(C)[C@@H]1C(=O)N1CC=C(c2ccccc2)CC1. The van der Waals surface area contributed by atoms with Crippen molar-refractivity contribution >= 4 is 23.5 Å². The van der Waals surface area contributed by atoms with Crippen molar-refractivity contribution in [2.75, 3.05) is 40.3 Å². The van der Waals surface area contributed by atoms with Gasteiger partial charge in [-0.05, 0) is 56.2 Å². The van der Waals surface area contributed by atoms with E-state index < -0.39 is 24.0 Å². The van der Waals surface area contributed by atoms with E-state index in [2.05, 4.69) is 18.2 Å². The normalized spacial score (nSPS) is 28.2. The average molecular weight is 469 g/mol. The minimum atomic E-state index is -1.16. The van der Waals surface area contributed by atoms with E-state index >= 15 is 0 Å². The fourth-order valence-corrected chi connectivity index (χ4v) is 5.98. The molecule has 4 rings (SSSR count). The first-order chi connectivity index (χ1) is 16.4. The molecule has 4 atom stereocenters. The summed E-state index contributed by atoms with van der Waals surface area (Å²) in [7, 11) is 3.20. The Hall–Kier alpha value is -2.87. The molecule has 8 nitrogen and oxygen atoms in total. The lowest BCUT2D eigenvalue weighted by molar-refractivity contribution is -0.270. The van der Waals surface area contributed by atoms with E-state index in [0.29, 0.717) is 32.6 Å². The molecular weight excluding hydrogens is 434 g/mol. The second-order valence-corrected chi connectivity index (χ2v) is 9.66. The van der Waals surface area contributed by atoms with Crippen LogP contribution in [0.25, 0.3) is 5.57 Å². The summed E-state index contributed by atoms with van der Waals surface area (Å²) in [5.74, 6) is -1.17. The lowest BCUT2D eigenvalue weighted by Crippen LogP contribution is -2.62. The monoisotopic (exact) mass is 468 g/mol. The quantitative estimate of drug-likeness (QED) is 0.624. The molecule has 0 radical (unpaired) electrons.